The standard InChI is InChI=1S/C12H21Br/c1-9-5-4-6-12(7-9)10(8-13)11(12,2)3/h9-10H,4-8H2,1-3H3. The first-order chi connectivity index (χ1) is 6.04. The zero-order valence-electron chi connectivity index (χ0n) is 9.07. The summed E-state index contributed by atoms with van der Waals surface area (Å²) in [6, 6.07) is 0. The molecule has 0 radical (unpaired) electrons. The molecule has 2 aliphatic carbocycles. The maximum Gasteiger partial charge on any atom is 0.00704 e. The van der Waals surface area contributed by atoms with E-state index in [1.165, 1.54) is 31.0 Å². The van der Waals surface area contributed by atoms with Gasteiger partial charge >= 0.3 is 0 Å². The summed E-state index contributed by atoms with van der Waals surface area (Å²) in [4.78, 5) is 0. The van der Waals surface area contributed by atoms with Gasteiger partial charge in [-0.3, -0.25) is 0 Å². The molecule has 13 heavy (non-hydrogen) atoms. The van der Waals surface area contributed by atoms with Crippen LogP contribution in [0.5, 0.6) is 0 Å². The molecule has 0 aromatic carbocycles. The van der Waals surface area contributed by atoms with Crippen molar-refractivity contribution in [3.05, 3.63) is 0 Å². The minimum atomic E-state index is 0.616. The molecule has 1 heteroatoms. The average molecular weight is 245 g/mol. The predicted octanol–water partition coefficient (Wildman–Crippen LogP) is 4.23. The molecule has 0 amide bonds. The largest absolute Gasteiger partial charge is 0.0925 e. The van der Waals surface area contributed by atoms with Crippen molar-refractivity contribution in [3.8, 4) is 0 Å². The van der Waals surface area contributed by atoms with E-state index in [1.807, 2.05) is 0 Å². The highest BCUT2D eigenvalue weighted by Gasteiger charge is 2.69. The van der Waals surface area contributed by atoms with Crippen molar-refractivity contribution in [3.63, 3.8) is 0 Å². The number of hydrogen-bond acceptors (Lipinski definition) is 0. The van der Waals surface area contributed by atoms with Gasteiger partial charge in [0.2, 0.25) is 0 Å². The van der Waals surface area contributed by atoms with Gasteiger partial charge in [0.15, 0.2) is 0 Å². The fourth-order valence-corrected chi connectivity index (χ4v) is 5.33. The van der Waals surface area contributed by atoms with Crippen LogP contribution in [0.15, 0.2) is 0 Å². The van der Waals surface area contributed by atoms with Crippen molar-refractivity contribution in [2.75, 3.05) is 5.33 Å². The van der Waals surface area contributed by atoms with E-state index in [-0.39, 0.29) is 0 Å². The Kier molecular flexibility index (Phi) is 2.30. The summed E-state index contributed by atoms with van der Waals surface area (Å²) in [6.07, 6.45) is 5.90. The molecule has 2 aliphatic rings. The van der Waals surface area contributed by atoms with Crippen molar-refractivity contribution in [2.24, 2.45) is 22.7 Å². The maximum absolute atomic E-state index is 3.68. The molecule has 1 spiro atoms. The number of halogens is 1. The Balaban J connectivity index is 2.14. The van der Waals surface area contributed by atoms with Crippen LogP contribution in [0.25, 0.3) is 0 Å². The highest BCUT2D eigenvalue weighted by molar-refractivity contribution is 9.09. The first kappa shape index (κ1) is 10.0. The second-order valence-corrected chi connectivity index (χ2v) is 6.43. The third-order valence-electron chi connectivity index (χ3n) is 4.92. The van der Waals surface area contributed by atoms with Crippen LogP contribution in [0.2, 0.25) is 0 Å². The van der Waals surface area contributed by atoms with Gasteiger partial charge in [0, 0.05) is 5.33 Å². The molecule has 0 bridgehead atoms. The highest BCUT2D eigenvalue weighted by Crippen LogP contribution is 2.75. The monoisotopic (exact) mass is 244 g/mol. The summed E-state index contributed by atoms with van der Waals surface area (Å²) in [5, 5.41) is 1.22. The minimum Gasteiger partial charge on any atom is -0.0925 e. The second-order valence-electron chi connectivity index (χ2n) is 5.79. The van der Waals surface area contributed by atoms with Crippen molar-refractivity contribution in [1.29, 1.82) is 0 Å². The Labute approximate surface area is 90.6 Å². The van der Waals surface area contributed by atoms with Crippen LogP contribution in [-0.2, 0) is 0 Å². The van der Waals surface area contributed by atoms with Crippen LogP contribution < -0.4 is 0 Å². The van der Waals surface area contributed by atoms with Crippen molar-refractivity contribution >= 4 is 15.9 Å². The molecule has 3 unspecified atom stereocenters. The molecule has 76 valence electrons. The fraction of sp³-hybridized carbons (Fsp3) is 1.00. The smallest absolute Gasteiger partial charge is 0.00704 e. The van der Waals surface area contributed by atoms with E-state index >= 15 is 0 Å². The lowest BCUT2D eigenvalue weighted by Gasteiger charge is -2.30. The topological polar surface area (TPSA) is 0 Å². The van der Waals surface area contributed by atoms with E-state index in [1.54, 1.807) is 0 Å². The summed E-state index contributed by atoms with van der Waals surface area (Å²) in [5.41, 5.74) is 1.33. The molecule has 0 aromatic rings. The van der Waals surface area contributed by atoms with Gasteiger partial charge in [-0.05, 0) is 35.5 Å². The zero-order chi connectivity index (χ0) is 9.69. The third-order valence-corrected chi connectivity index (χ3v) is 5.57. The molecule has 0 nitrogen and oxygen atoms in total. The van der Waals surface area contributed by atoms with E-state index in [0.29, 0.717) is 10.8 Å². The van der Waals surface area contributed by atoms with Gasteiger partial charge in [0.1, 0.15) is 0 Å². The molecule has 0 aliphatic heterocycles. The van der Waals surface area contributed by atoms with Gasteiger partial charge in [-0.2, -0.15) is 0 Å². The Bertz CT molecular complexity index is 209. The van der Waals surface area contributed by atoms with Crippen molar-refractivity contribution in [2.45, 2.75) is 46.5 Å². The lowest BCUT2D eigenvalue weighted by Crippen LogP contribution is -2.19. The molecule has 2 fully saturated rings. The Hall–Kier alpha value is 0.480. The molecule has 2 rings (SSSR count). The molecular weight excluding hydrogens is 224 g/mol. The summed E-state index contributed by atoms with van der Waals surface area (Å²) in [5.74, 6) is 1.92. The van der Waals surface area contributed by atoms with Gasteiger partial charge in [-0.25, -0.2) is 0 Å². The molecular formula is C12H21Br. The average Bonchev–Trinajstić information content (AvgIpc) is 2.46. The van der Waals surface area contributed by atoms with E-state index in [9.17, 15) is 0 Å². The Morgan fingerprint density at radius 2 is 2.08 bits per heavy atom. The normalized spacial score (nSPS) is 48.0. The van der Waals surface area contributed by atoms with Crippen LogP contribution >= 0.6 is 15.9 Å². The van der Waals surface area contributed by atoms with Gasteiger partial charge in [-0.1, -0.05) is 49.5 Å². The van der Waals surface area contributed by atoms with Crippen molar-refractivity contribution in [1.82, 2.24) is 0 Å². The zero-order valence-corrected chi connectivity index (χ0v) is 10.7. The number of rotatable bonds is 1. The highest BCUT2D eigenvalue weighted by atomic mass is 79.9. The van der Waals surface area contributed by atoms with Gasteiger partial charge in [-0.15, -0.1) is 0 Å². The Morgan fingerprint density at radius 3 is 2.54 bits per heavy atom. The maximum atomic E-state index is 3.68. The van der Waals surface area contributed by atoms with Crippen LogP contribution in [0.3, 0.4) is 0 Å². The second kappa shape index (κ2) is 2.98. The van der Waals surface area contributed by atoms with Gasteiger partial charge < -0.3 is 0 Å². The SMILES string of the molecule is CC1CCCC2(C1)C(CBr)C2(C)C. The lowest BCUT2D eigenvalue weighted by molar-refractivity contribution is 0.211. The van der Waals surface area contributed by atoms with Crippen LogP contribution in [-0.4, -0.2) is 5.33 Å². The summed E-state index contributed by atoms with van der Waals surface area (Å²) in [6.45, 7) is 7.37. The van der Waals surface area contributed by atoms with Crippen LogP contribution in [0.1, 0.15) is 46.5 Å². The van der Waals surface area contributed by atoms with E-state index < -0.39 is 0 Å². The first-order valence-electron chi connectivity index (χ1n) is 5.60. The van der Waals surface area contributed by atoms with E-state index in [4.69, 9.17) is 0 Å². The van der Waals surface area contributed by atoms with Gasteiger partial charge in [0.05, 0.1) is 0 Å². The fourth-order valence-electron chi connectivity index (χ4n) is 3.90. The van der Waals surface area contributed by atoms with E-state index in [2.05, 4.69) is 36.7 Å². The number of alkyl halides is 1. The number of hydrogen-bond donors (Lipinski definition) is 0. The summed E-state index contributed by atoms with van der Waals surface area (Å²) in [7, 11) is 0. The summed E-state index contributed by atoms with van der Waals surface area (Å²) >= 11 is 3.68. The molecule has 0 saturated heterocycles. The molecule has 0 N–H and O–H groups in total. The van der Waals surface area contributed by atoms with E-state index in [0.717, 1.165) is 11.8 Å². The summed E-state index contributed by atoms with van der Waals surface area (Å²) < 4.78 is 0. The quantitative estimate of drug-likeness (QED) is 0.606. The predicted molar refractivity (Wildman–Crippen MR) is 61.1 cm³/mol. The van der Waals surface area contributed by atoms with Crippen LogP contribution in [0.4, 0.5) is 0 Å². The molecule has 0 heterocycles. The minimum absolute atomic E-state index is 0.616. The molecule has 3 atom stereocenters. The lowest BCUT2D eigenvalue weighted by atomic mass is 9.75. The van der Waals surface area contributed by atoms with Gasteiger partial charge in [0.25, 0.3) is 0 Å². The molecule has 0 aromatic heterocycles. The first-order valence-corrected chi connectivity index (χ1v) is 6.73. The Morgan fingerprint density at radius 1 is 1.38 bits per heavy atom. The van der Waals surface area contributed by atoms with Crippen LogP contribution in [0, 0.1) is 22.7 Å². The third kappa shape index (κ3) is 1.22. The van der Waals surface area contributed by atoms with Crippen molar-refractivity contribution < 1.29 is 0 Å². The molecule has 2 saturated carbocycles.